The molecule has 2 unspecified atom stereocenters. The van der Waals surface area contributed by atoms with Gasteiger partial charge in [0.25, 0.3) is 0 Å². The normalized spacial score (nSPS) is 21.1. The summed E-state index contributed by atoms with van der Waals surface area (Å²) in [6, 6.07) is 13.9. The third-order valence-electron chi connectivity index (χ3n) is 3.79. The van der Waals surface area contributed by atoms with Crippen molar-refractivity contribution in [1.82, 2.24) is 5.43 Å². The first-order valence-electron chi connectivity index (χ1n) is 7.11. The van der Waals surface area contributed by atoms with Crippen LogP contribution in [0.15, 0.2) is 52.0 Å². The van der Waals surface area contributed by atoms with Gasteiger partial charge in [-0.25, -0.2) is 5.43 Å². The lowest BCUT2D eigenvalue weighted by Gasteiger charge is -2.01. The summed E-state index contributed by atoms with van der Waals surface area (Å²) in [7, 11) is 0. The zero-order valence-electron chi connectivity index (χ0n) is 12.2. The summed E-state index contributed by atoms with van der Waals surface area (Å²) in [4.78, 5) is 12.1. The van der Waals surface area contributed by atoms with Gasteiger partial charge in [-0.3, -0.25) is 4.79 Å². The fraction of sp³-hybridized carbons (Fsp3) is 0.294. The molecular weight excluding hydrogens is 264 g/mol. The predicted octanol–water partition coefficient (Wildman–Crippen LogP) is 3.23. The highest BCUT2D eigenvalue weighted by molar-refractivity contribution is 5.97. The summed E-state index contributed by atoms with van der Waals surface area (Å²) in [5, 5.41) is 4.12. The Bertz CT molecular complexity index is 673. The number of amides is 1. The first-order valence-corrected chi connectivity index (χ1v) is 7.11. The zero-order chi connectivity index (χ0) is 14.8. The van der Waals surface area contributed by atoms with Crippen molar-refractivity contribution in [3.8, 4) is 0 Å². The lowest BCUT2D eigenvalue weighted by molar-refractivity contribution is -0.122. The zero-order valence-corrected chi connectivity index (χ0v) is 12.2. The van der Waals surface area contributed by atoms with Crippen molar-refractivity contribution in [3.63, 3.8) is 0 Å². The molecule has 1 heterocycles. The van der Waals surface area contributed by atoms with Crippen molar-refractivity contribution in [1.29, 1.82) is 0 Å². The van der Waals surface area contributed by atoms with Crippen LogP contribution in [-0.4, -0.2) is 11.6 Å². The minimum absolute atomic E-state index is 0.0218. The Morgan fingerprint density at radius 2 is 2.00 bits per heavy atom. The fourth-order valence-electron chi connectivity index (χ4n) is 2.46. The van der Waals surface area contributed by atoms with Gasteiger partial charge >= 0.3 is 0 Å². The molecule has 1 amide bonds. The van der Waals surface area contributed by atoms with Gasteiger partial charge in [-0.2, -0.15) is 5.10 Å². The minimum atomic E-state index is -0.0218. The molecule has 2 atom stereocenters. The van der Waals surface area contributed by atoms with Crippen LogP contribution in [0.3, 0.4) is 0 Å². The van der Waals surface area contributed by atoms with E-state index in [1.54, 1.807) is 0 Å². The molecule has 1 aromatic heterocycles. The summed E-state index contributed by atoms with van der Waals surface area (Å²) >= 11 is 0. The van der Waals surface area contributed by atoms with E-state index in [0.29, 0.717) is 17.4 Å². The summed E-state index contributed by atoms with van der Waals surface area (Å²) in [6.45, 7) is 3.70. The Hall–Kier alpha value is -2.36. The number of hydrogen-bond acceptors (Lipinski definition) is 3. The van der Waals surface area contributed by atoms with Crippen molar-refractivity contribution in [2.75, 3.05) is 0 Å². The lowest BCUT2D eigenvalue weighted by Crippen LogP contribution is -2.21. The molecular formula is C17H18N2O2. The van der Waals surface area contributed by atoms with E-state index < -0.39 is 0 Å². The largest absolute Gasteiger partial charge is 0.460 e. The number of benzene rings is 1. The van der Waals surface area contributed by atoms with E-state index in [9.17, 15) is 4.79 Å². The molecule has 0 bridgehead atoms. The second-order valence-electron chi connectivity index (χ2n) is 5.44. The van der Waals surface area contributed by atoms with Crippen molar-refractivity contribution in [2.24, 2.45) is 11.0 Å². The minimum Gasteiger partial charge on any atom is -0.460 e. The number of nitrogens with one attached hydrogen (secondary N) is 1. The Morgan fingerprint density at radius 3 is 2.67 bits per heavy atom. The Kier molecular flexibility index (Phi) is 3.60. The maximum Gasteiger partial charge on any atom is 0.243 e. The van der Waals surface area contributed by atoms with Crippen LogP contribution >= 0.6 is 0 Å². The summed E-state index contributed by atoms with van der Waals surface area (Å²) in [6.07, 6.45) is 0.893. The lowest BCUT2D eigenvalue weighted by atomic mass is 10.1. The molecule has 108 valence electrons. The Balaban J connectivity index is 1.58. The number of carbonyl (C=O) groups is 1. The Labute approximate surface area is 123 Å². The van der Waals surface area contributed by atoms with Gasteiger partial charge < -0.3 is 4.42 Å². The fourth-order valence-corrected chi connectivity index (χ4v) is 2.46. The number of hydrogen-bond donors (Lipinski definition) is 1. The second kappa shape index (κ2) is 5.56. The number of aryl methyl sites for hydroxylation is 1. The van der Waals surface area contributed by atoms with Crippen LogP contribution in [0.5, 0.6) is 0 Å². The highest BCUT2D eigenvalue weighted by atomic mass is 16.3. The molecule has 0 spiro atoms. The number of rotatable bonds is 4. The van der Waals surface area contributed by atoms with Crippen molar-refractivity contribution >= 4 is 11.6 Å². The molecule has 1 aliphatic carbocycles. The SMILES string of the molecule is C/C(=N\NC(=O)C1CC1c1ccccc1)c1ccc(C)o1. The predicted molar refractivity (Wildman–Crippen MR) is 81.1 cm³/mol. The molecule has 3 rings (SSSR count). The number of carbonyl (C=O) groups excluding carboxylic acids is 1. The van der Waals surface area contributed by atoms with Gasteiger partial charge in [0, 0.05) is 5.92 Å². The topological polar surface area (TPSA) is 54.6 Å². The van der Waals surface area contributed by atoms with Crippen molar-refractivity contribution in [2.45, 2.75) is 26.2 Å². The van der Waals surface area contributed by atoms with Crippen LogP contribution < -0.4 is 5.43 Å². The molecule has 21 heavy (non-hydrogen) atoms. The average molecular weight is 282 g/mol. The van der Waals surface area contributed by atoms with Crippen LogP contribution in [0.4, 0.5) is 0 Å². The van der Waals surface area contributed by atoms with Crippen LogP contribution in [0.1, 0.15) is 36.3 Å². The molecule has 4 nitrogen and oxygen atoms in total. The van der Waals surface area contributed by atoms with Gasteiger partial charge in [0.1, 0.15) is 17.2 Å². The molecule has 0 radical (unpaired) electrons. The van der Waals surface area contributed by atoms with Crippen molar-refractivity contribution < 1.29 is 9.21 Å². The molecule has 1 fully saturated rings. The third-order valence-corrected chi connectivity index (χ3v) is 3.79. The molecule has 4 heteroatoms. The molecule has 1 aromatic carbocycles. The average Bonchev–Trinajstić information content (AvgIpc) is 3.20. The standard InChI is InChI=1S/C17H18N2O2/c1-11-8-9-16(21-11)12(2)18-19-17(20)15-10-14(15)13-6-4-3-5-7-13/h3-9,14-15H,10H2,1-2H3,(H,19,20)/b18-12+. The Morgan fingerprint density at radius 1 is 1.24 bits per heavy atom. The summed E-state index contributed by atoms with van der Waals surface area (Å²) in [5.41, 5.74) is 4.54. The quantitative estimate of drug-likeness (QED) is 0.691. The summed E-state index contributed by atoms with van der Waals surface area (Å²) in [5.74, 6) is 1.85. The number of furan rings is 1. The monoisotopic (exact) mass is 282 g/mol. The van der Waals surface area contributed by atoms with Crippen molar-refractivity contribution in [3.05, 3.63) is 59.5 Å². The summed E-state index contributed by atoms with van der Waals surface area (Å²) < 4.78 is 5.46. The van der Waals surface area contributed by atoms with Gasteiger partial charge in [0.2, 0.25) is 5.91 Å². The van der Waals surface area contributed by atoms with Crippen LogP contribution in [-0.2, 0) is 4.79 Å². The second-order valence-corrected chi connectivity index (χ2v) is 5.44. The van der Waals surface area contributed by atoms with Gasteiger partial charge in [-0.1, -0.05) is 30.3 Å². The van der Waals surface area contributed by atoms with Gasteiger partial charge in [0.05, 0.1) is 0 Å². The molecule has 1 aliphatic rings. The number of hydrazone groups is 1. The van der Waals surface area contributed by atoms with Gasteiger partial charge in [0.15, 0.2) is 0 Å². The highest BCUT2D eigenvalue weighted by Crippen LogP contribution is 2.47. The number of nitrogens with zero attached hydrogens (tertiary/aromatic N) is 1. The van der Waals surface area contributed by atoms with E-state index in [4.69, 9.17) is 4.42 Å². The first-order chi connectivity index (χ1) is 10.1. The van der Waals surface area contributed by atoms with Gasteiger partial charge in [-0.15, -0.1) is 0 Å². The molecule has 1 saturated carbocycles. The maximum absolute atomic E-state index is 12.1. The first kappa shape index (κ1) is 13.6. The highest BCUT2D eigenvalue weighted by Gasteiger charge is 2.43. The van der Waals surface area contributed by atoms with Crippen LogP contribution in [0.2, 0.25) is 0 Å². The van der Waals surface area contributed by atoms with E-state index in [1.165, 1.54) is 5.56 Å². The maximum atomic E-state index is 12.1. The molecule has 0 saturated heterocycles. The third kappa shape index (κ3) is 3.05. The molecule has 0 aliphatic heterocycles. The van der Waals surface area contributed by atoms with E-state index in [1.807, 2.05) is 44.2 Å². The van der Waals surface area contributed by atoms with E-state index in [0.717, 1.165) is 12.2 Å². The smallest absolute Gasteiger partial charge is 0.243 e. The van der Waals surface area contributed by atoms with E-state index in [-0.39, 0.29) is 11.8 Å². The van der Waals surface area contributed by atoms with Crippen LogP contribution in [0.25, 0.3) is 0 Å². The van der Waals surface area contributed by atoms with E-state index in [2.05, 4.69) is 22.7 Å². The molecule has 2 aromatic rings. The van der Waals surface area contributed by atoms with Gasteiger partial charge in [-0.05, 0) is 43.9 Å². The van der Waals surface area contributed by atoms with E-state index >= 15 is 0 Å². The molecule has 1 N–H and O–H groups in total. The van der Waals surface area contributed by atoms with Crippen LogP contribution in [0, 0.1) is 12.8 Å².